The number of carbonyl (C=O) groups is 2. The van der Waals surface area contributed by atoms with Gasteiger partial charge < -0.3 is 10.1 Å². The van der Waals surface area contributed by atoms with Crippen LogP contribution in [0.15, 0.2) is 29.2 Å². The van der Waals surface area contributed by atoms with Gasteiger partial charge in [0.05, 0.1) is 17.2 Å². The Balaban J connectivity index is 3.05. The molecule has 0 aromatic heterocycles. The van der Waals surface area contributed by atoms with E-state index in [4.69, 9.17) is 4.84 Å². The molecule has 9 heteroatoms. The Kier molecular flexibility index (Phi) is 6.17. The van der Waals surface area contributed by atoms with Crippen molar-refractivity contribution in [3.05, 3.63) is 24.3 Å². The molecule has 1 rings (SSSR count). The van der Waals surface area contributed by atoms with Crippen LogP contribution in [0.1, 0.15) is 13.8 Å². The van der Waals surface area contributed by atoms with Crippen LogP contribution in [-0.4, -0.2) is 40.0 Å². The van der Waals surface area contributed by atoms with Crippen molar-refractivity contribution in [3.63, 3.8) is 0 Å². The molecule has 0 heterocycles. The number of nitrogens with zero attached hydrogens (tertiary/aromatic N) is 1. The molecule has 8 nitrogen and oxygen atoms in total. The molecule has 1 N–H and O–H groups in total. The third-order valence-electron chi connectivity index (χ3n) is 2.44. The Labute approximate surface area is 128 Å². The Morgan fingerprint density at radius 2 is 1.77 bits per heavy atom. The van der Waals surface area contributed by atoms with Crippen LogP contribution >= 0.6 is 0 Å². The number of urea groups is 1. The zero-order valence-electron chi connectivity index (χ0n) is 12.5. The number of anilines is 1. The van der Waals surface area contributed by atoms with E-state index in [1.54, 1.807) is 13.8 Å². The van der Waals surface area contributed by atoms with Gasteiger partial charge in [0.25, 0.3) is 0 Å². The number of sulfone groups is 1. The molecule has 0 spiro atoms. The van der Waals surface area contributed by atoms with Gasteiger partial charge in [-0.05, 0) is 38.1 Å². The lowest BCUT2D eigenvalue weighted by Crippen LogP contribution is -2.41. The van der Waals surface area contributed by atoms with E-state index in [1.807, 2.05) is 0 Å². The lowest BCUT2D eigenvalue weighted by atomic mass is 10.3. The monoisotopic (exact) mass is 330 g/mol. The summed E-state index contributed by atoms with van der Waals surface area (Å²) in [6, 6.07) is 4.65. The molecule has 1 aromatic carbocycles. The van der Waals surface area contributed by atoms with Crippen LogP contribution in [0, 0.1) is 0 Å². The minimum absolute atomic E-state index is 0.0863. The molecule has 0 aliphatic heterocycles. The van der Waals surface area contributed by atoms with E-state index in [0.29, 0.717) is 11.6 Å². The first-order valence-electron chi connectivity index (χ1n) is 6.52. The zero-order chi connectivity index (χ0) is 16.8. The first-order chi connectivity index (χ1) is 10.3. The highest BCUT2D eigenvalue weighted by Crippen LogP contribution is 2.19. The smallest absolute Gasteiger partial charge is 0.433 e. The summed E-state index contributed by atoms with van der Waals surface area (Å²) in [6.07, 6.45) is 0.0273. The van der Waals surface area contributed by atoms with E-state index >= 15 is 0 Å². The van der Waals surface area contributed by atoms with Crippen molar-refractivity contribution in [1.29, 1.82) is 0 Å². The molecule has 0 aliphatic rings. The fraction of sp³-hybridized carbons (Fsp3) is 0.385. The van der Waals surface area contributed by atoms with E-state index < -0.39 is 22.0 Å². The second-order valence-electron chi connectivity index (χ2n) is 4.17. The van der Waals surface area contributed by atoms with Crippen molar-refractivity contribution in [1.82, 2.24) is 5.32 Å². The highest BCUT2D eigenvalue weighted by Gasteiger charge is 2.21. The van der Waals surface area contributed by atoms with Crippen LogP contribution in [0.5, 0.6) is 0 Å². The number of carbonyl (C=O) groups excluding carboxylic acids is 2. The van der Waals surface area contributed by atoms with Gasteiger partial charge in [-0.1, -0.05) is 0 Å². The fourth-order valence-electron chi connectivity index (χ4n) is 1.48. The molecular weight excluding hydrogens is 312 g/mol. The average Bonchev–Trinajstić information content (AvgIpc) is 2.44. The summed E-state index contributed by atoms with van der Waals surface area (Å²) >= 11 is 0. The van der Waals surface area contributed by atoms with E-state index in [-0.39, 0.29) is 17.2 Å². The van der Waals surface area contributed by atoms with E-state index in [2.05, 4.69) is 10.1 Å². The Hall–Kier alpha value is -2.29. The summed E-state index contributed by atoms with van der Waals surface area (Å²) in [6.45, 7) is 3.71. The fourth-order valence-corrected chi connectivity index (χ4v) is 2.11. The van der Waals surface area contributed by atoms with Crippen molar-refractivity contribution in [2.75, 3.05) is 24.5 Å². The quantitative estimate of drug-likeness (QED) is 0.666. The topological polar surface area (TPSA) is 102 Å². The predicted octanol–water partition coefficient (Wildman–Crippen LogP) is 1.71. The summed E-state index contributed by atoms with van der Waals surface area (Å²) in [5.74, 6) is 0. The third kappa shape index (κ3) is 4.92. The summed E-state index contributed by atoms with van der Waals surface area (Å²) in [5.41, 5.74) is 0.186. The molecule has 0 fully saturated rings. The Morgan fingerprint density at radius 3 is 2.23 bits per heavy atom. The lowest BCUT2D eigenvalue weighted by molar-refractivity contribution is 0.0552. The molecule has 0 radical (unpaired) electrons. The molecule has 1 aromatic rings. The lowest BCUT2D eigenvalue weighted by Gasteiger charge is -2.20. The van der Waals surface area contributed by atoms with Gasteiger partial charge in [-0.15, -0.1) is 5.06 Å². The van der Waals surface area contributed by atoms with E-state index in [0.717, 1.165) is 6.26 Å². The first kappa shape index (κ1) is 17.8. The largest absolute Gasteiger partial charge is 0.533 e. The maximum Gasteiger partial charge on any atom is 0.533 e. The molecule has 0 aliphatic carbocycles. The van der Waals surface area contributed by atoms with Gasteiger partial charge in [0, 0.05) is 12.8 Å². The van der Waals surface area contributed by atoms with Crippen LogP contribution < -0.4 is 10.4 Å². The van der Waals surface area contributed by atoms with Crippen LogP contribution in [-0.2, 0) is 19.4 Å². The number of nitrogens with one attached hydrogen (secondary N) is 1. The molecule has 0 bridgehead atoms. The number of hydroxylamine groups is 1. The molecule has 122 valence electrons. The van der Waals surface area contributed by atoms with Gasteiger partial charge in [-0.2, -0.15) is 0 Å². The van der Waals surface area contributed by atoms with Gasteiger partial charge >= 0.3 is 12.2 Å². The summed E-state index contributed by atoms with van der Waals surface area (Å²) in [7, 11) is -3.36. The van der Waals surface area contributed by atoms with Gasteiger partial charge in [-0.3, -0.25) is 4.84 Å². The molecule has 0 atom stereocenters. The van der Waals surface area contributed by atoms with Crippen LogP contribution in [0.25, 0.3) is 0 Å². The van der Waals surface area contributed by atoms with Crippen molar-refractivity contribution in [3.8, 4) is 0 Å². The average molecular weight is 330 g/mol. The minimum Gasteiger partial charge on any atom is -0.433 e. The molecule has 0 saturated heterocycles. The Morgan fingerprint density at radius 1 is 1.18 bits per heavy atom. The summed E-state index contributed by atoms with van der Waals surface area (Å²) in [4.78, 5) is 28.2. The number of rotatable bonds is 4. The third-order valence-corrected chi connectivity index (χ3v) is 3.57. The predicted molar refractivity (Wildman–Crippen MR) is 79.2 cm³/mol. The molecule has 0 unspecified atom stereocenters. The summed E-state index contributed by atoms with van der Waals surface area (Å²) in [5, 5.41) is 3.17. The number of hydrogen-bond donors (Lipinski definition) is 1. The highest BCUT2D eigenvalue weighted by molar-refractivity contribution is 7.90. The second kappa shape index (κ2) is 7.64. The van der Waals surface area contributed by atoms with E-state index in [1.165, 1.54) is 24.3 Å². The molecule has 0 saturated carbocycles. The van der Waals surface area contributed by atoms with Crippen LogP contribution in [0.3, 0.4) is 0 Å². The highest BCUT2D eigenvalue weighted by atomic mass is 32.2. The van der Waals surface area contributed by atoms with Gasteiger partial charge in [0.1, 0.15) is 0 Å². The zero-order valence-corrected chi connectivity index (χ0v) is 13.3. The molecular formula is C13H18N2O6S. The number of hydrogen-bond acceptors (Lipinski definition) is 6. The normalized spacial score (nSPS) is 10.7. The van der Waals surface area contributed by atoms with Gasteiger partial charge in [0.2, 0.25) is 0 Å². The maximum atomic E-state index is 11.9. The van der Waals surface area contributed by atoms with E-state index in [9.17, 15) is 18.0 Å². The standard InChI is InChI=1S/C13H18N2O6S/c1-4-14-12(16)15(21-13(17)20-5-2)10-6-8-11(9-7-10)22(3,18)19/h6-9H,4-5H2,1-3H3,(H,14,16). The molecule has 22 heavy (non-hydrogen) atoms. The minimum atomic E-state index is -3.36. The second-order valence-corrected chi connectivity index (χ2v) is 6.19. The van der Waals surface area contributed by atoms with Gasteiger partial charge in [0.15, 0.2) is 9.84 Å². The Bertz CT molecular complexity index is 626. The maximum absolute atomic E-state index is 11.9. The van der Waals surface area contributed by atoms with Crippen LogP contribution in [0.4, 0.5) is 15.3 Å². The van der Waals surface area contributed by atoms with Crippen molar-refractivity contribution >= 4 is 27.7 Å². The molecule has 2 amide bonds. The van der Waals surface area contributed by atoms with Crippen molar-refractivity contribution in [2.45, 2.75) is 18.7 Å². The summed E-state index contributed by atoms with van der Waals surface area (Å²) < 4.78 is 27.5. The number of benzene rings is 1. The number of amides is 2. The first-order valence-corrected chi connectivity index (χ1v) is 8.41. The van der Waals surface area contributed by atoms with Gasteiger partial charge in [-0.25, -0.2) is 18.0 Å². The van der Waals surface area contributed by atoms with Crippen molar-refractivity contribution in [2.24, 2.45) is 0 Å². The van der Waals surface area contributed by atoms with Crippen molar-refractivity contribution < 1.29 is 27.6 Å². The van der Waals surface area contributed by atoms with Crippen LogP contribution in [0.2, 0.25) is 0 Å². The number of ether oxygens (including phenoxy) is 1. The SMILES string of the molecule is CCNC(=O)N(OC(=O)OCC)c1ccc(S(C)(=O)=O)cc1.